The zero-order chi connectivity index (χ0) is 19.0. The molecule has 0 fully saturated rings. The van der Waals surface area contributed by atoms with Gasteiger partial charge in [-0.05, 0) is 13.0 Å². The van der Waals surface area contributed by atoms with Crippen molar-refractivity contribution in [1.82, 2.24) is 9.78 Å². The Labute approximate surface area is 142 Å². The maximum atomic E-state index is 13.7. The minimum atomic E-state index is -3.15. The molecular formula is C16H18F4N2O3. The van der Waals surface area contributed by atoms with Crippen molar-refractivity contribution in [3.05, 3.63) is 47.2 Å². The zero-order valence-electron chi connectivity index (χ0n) is 13.9. The van der Waals surface area contributed by atoms with Gasteiger partial charge in [-0.2, -0.15) is 13.9 Å². The highest BCUT2D eigenvalue weighted by atomic mass is 19.3. The zero-order valence-corrected chi connectivity index (χ0v) is 13.9. The molecule has 0 radical (unpaired) electrons. The van der Waals surface area contributed by atoms with E-state index in [9.17, 15) is 22.4 Å². The van der Waals surface area contributed by atoms with Crippen LogP contribution in [0.3, 0.4) is 0 Å². The second-order valence-electron chi connectivity index (χ2n) is 4.36. The summed E-state index contributed by atoms with van der Waals surface area (Å²) in [6, 6.07) is 3.77. The maximum Gasteiger partial charge on any atom is 0.388 e. The Kier molecular flexibility index (Phi) is 7.90. The van der Waals surface area contributed by atoms with Crippen LogP contribution in [0.5, 0.6) is 5.88 Å². The summed E-state index contributed by atoms with van der Waals surface area (Å²) in [7, 11) is 0. The van der Waals surface area contributed by atoms with Gasteiger partial charge in [-0.1, -0.05) is 19.9 Å². The molecule has 0 saturated heterocycles. The van der Waals surface area contributed by atoms with Gasteiger partial charge in [0.15, 0.2) is 5.69 Å². The first-order chi connectivity index (χ1) is 11.9. The third-order valence-corrected chi connectivity index (χ3v) is 2.77. The molecule has 0 aliphatic carbocycles. The van der Waals surface area contributed by atoms with Crippen molar-refractivity contribution in [3.63, 3.8) is 0 Å². The fourth-order valence-corrected chi connectivity index (χ4v) is 1.82. The number of halogens is 4. The van der Waals surface area contributed by atoms with Crippen LogP contribution in [0, 0.1) is 11.6 Å². The van der Waals surface area contributed by atoms with E-state index in [1.165, 1.54) is 0 Å². The summed E-state index contributed by atoms with van der Waals surface area (Å²) in [5.41, 5.74) is -0.269. The average molecular weight is 362 g/mol. The van der Waals surface area contributed by atoms with Crippen LogP contribution >= 0.6 is 0 Å². The van der Waals surface area contributed by atoms with Gasteiger partial charge in [-0.3, -0.25) is 0 Å². The molecule has 2 rings (SSSR count). The van der Waals surface area contributed by atoms with E-state index in [1.807, 2.05) is 13.8 Å². The molecule has 0 spiro atoms. The van der Waals surface area contributed by atoms with E-state index in [0.717, 1.165) is 22.9 Å². The summed E-state index contributed by atoms with van der Waals surface area (Å²) in [6.07, 6.45) is 0. The molecule has 9 heteroatoms. The van der Waals surface area contributed by atoms with E-state index >= 15 is 0 Å². The Morgan fingerprint density at radius 3 is 2.48 bits per heavy atom. The van der Waals surface area contributed by atoms with Crippen molar-refractivity contribution in [2.75, 3.05) is 6.61 Å². The number of aromatic nitrogens is 2. The van der Waals surface area contributed by atoms with Gasteiger partial charge in [-0.25, -0.2) is 18.3 Å². The van der Waals surface area contributed by atoms with Crippen LogP contribution < -0.4 is 4.74 Å². The number of ether oxygens (including phenoxy) is 2. The molecule has 0 N–H and O–H groups in total. The Balaban J connectivity index is 0.00000151. The van der Waals surface area contributed by atoms with Crippen molar-refractivity contribution in [2.45, 2.75) is 33.9 Å². The molecule has 0 saturated carbocycles. The van der Waals surface area contributed by atoms with Crippen molar-refractivity contribution < 1.29 is 31.8 Å². The second-order valence-corrected chi connectivity index (χ2v) is 4.36. The molecule has 0 amide bonds. The minimum Gasteiger partial charge on any atom is -0.461 e. The van der Waals surface area contributed by atoms with Crippen LogP contribution in [0.25, 0.3) is 0 Å². The fourth-order valence-electron chi connectivity index (χ4n) is 1.82. The number of carbonyl (C=O) groups is 1. The number of hydrogen-bond acceptors (Lipinski definition) is 4. The maximum absolute atomic E-state index is 13.7. The first-order valence-electron chi connectivity index (χ1n) is 7.54. The van der Waals surface area contributed by atoms with Crippen LogP contribution in [-0.2, 0) is 11.3 Å². The molecule has 2 aromatic rings. The number of esters is 1. The van der Waals surface area contributed by atoms with E-state index < -0.39 is 30.1 Å². The van der Waals surface area contributed by atoms with Crippen LogP contribution in [0.15, 0.2) is 24.3 Å². The van der Waals surface area contributed by atoms with Gasteiger partial charge in [-0.15, -0.1) is 0 Å². The second kappa shape index (κ2) is 9.65. The Morgan fingerprint density at radius 1 is 1.24 bits per heavy atom. The largest absolute Gasteiger partial charge is 0.461 e. The molecule has 0 bridgehead atoms. The van der Waals surface area contributed by atoms with E-state index in [2.05, 4.69) is 9.84 Å². The number of nitrogens with zero attached hydrogens (tertiary/aromatic N) is 2. The van der Waals surface area contributed by atoms with Crippen LogP contribution in [0.4, 0.5) is 17.6 Å². The first-order valence-corrected chi connectivity index (χ1v) is 7.54. The Bertz CT molecular complexity index is 705. The topological polar surface area (TPSA) is 53.4 Å². The summed E-state index contributed by atoms with van der Waals surface area (Å²) in [6.45, 7) is 2.16. The number of rotatable bonds is 6. The summed E-state index contributed by atoms with van der Waals surface area (Å²) in [5.74, 6) is -2.92. The molecule has 138 valence electrons. The molecule has 0 aliphatic rings. The lowest BCUT2D eigenvalue weighted by atomic mass is 10.2. The van der Waals surface area contributed by atoms with Gasteiger partial charge >= 0.3 is 12.6 Å². The molecular weight excluding hydrogens is 344 g/mol. The molecule has 25 heavy (non-hydrogen) atoms. The van der Waals surface area contributed by atoms with Crippen LogP contribution in [0.1, 0.15) is 36.8 Å². The number of alkyl halides is 2. The van der Waals surface area contributed by atoms with Crippen molar-refractivity contribution in [1.29, 1.82) is 0 Å². The SMILES string of the molecule is CC.CCOC(=O)c1cc(OC(F)F)n(Cc2ccc(F)cc2F)n1. The Morgan fingerprint density at radius 2 is 1.92 bits per heavy atom. The van der Waals surface area contributed by atoms with Gasteiger partial charge in [0.05, 0.1) is 13.2 Å². The van der Waals surface area contributed by atoms with E-state index in [4.69, 9.17) is 4.74 Å². The molecule has 0 atom stereocenters. The standard InChI is InChI=1S/C14H12F4N2O3.C2H6/c1-2-22-13(21)11-6-12(23-14(17)18)20(19-11)7-8-3-4-9(15)5-10(8)16;1-2/h3-6,14H,2,7H2,1H3;1-2H3. The number of hydrogen-bond donors (Lipinski definition) is 0. The highest BCUT2D eigenvalue weighted by molar-refractivity contribution is 5.87. The summed E-state index contributed by atoms with van der Waals surface area (Å²) in [4.78, 5) is 11.6. The summed E-state index contributed by atoms with van der Waals surface area (Å²) in [5, 5.41) is 3.76. The highest BCUT2D eigenvalue weighted by Gasteiger charge is 2.19. The van der Waals surface area contributed by atoms with Gasteiger partial charge in [0.1, 0.15) is 11.6 Å². The van der Waals surface area contributed by atoms with Crippen molar-refractivity contribution >= 4 is 5.97 Å². The third-order valence-electron chi connectivity index (χ3n) is 2.77. The third kappa shape index (κ3) is 5.77. The average Bonchev–Trinajstić information content (AvgIpc) is 2.94. The van der Waals surface area contributed by atoms with Gasteiger partial charge in [0.2, 0.25) is 5.88 Å². The normalized spacial score (nSPS) is 10.2. The minimum absolute atomic E-state index is 0.0102. The molecule has 1 aromatic heterocycles. The lowest BCUT2D eigenvalue weighted by molar-refractivity contribution is -0.0556. The Hall–Kier alpha value is -2.58. The van der Waals surface area contributed by atoms with Gasteiger partial charge < -0.3 is 9.47 Å². The van der Waals surface area contributed by atoms with Crippen LogP contribution in [-0.4, -0.2) is 29.0 Å². The van der Waals surface area contributed by atoms with Gasteiger partial charge in [0.25, 0.3) is 0 Å². The molecule has 0 unspecified atom stereocenters. The monoisotopic (exact) mass is 362 g/mol. The smallest absolute Gasteiger partial charge is 0.388 e. The number of benzene rings is 1. The van der Waals surface area contributed by atoms with E-state index in [-0.39, 0.29) is 24.4 Å². The predicted molar refractivity (Wildman–Crippen MR) is 81.6 cm³/mol. The fraction of sp³-hybridized carbons (Fsp3) is 0.375. The lowest BCUT2D eigenvalue weighted by Gasteiger charge is -2.08. The first kappa shape index (κ1) is 20.5. The van der Waals surface area contributed by atoms with Gasteiger partial charge in [0, 0.05) is 17.7 Å². The summed E-state index contributed by atoms with van der Waals surface area (Å²) >= 11 is 0. The summed E-state index contributed by atoms with van der Waals surface area (Å²) < 4.78 is 61.2. The molecule has 1 heterocycles. The molecule has 5 nitrogen and oxygen atoms in total. The molecule has 1 aromatic carbocycles. The molecule has 0 aliphatic heterocycles. The van der Waals surface area contributed by atoms with Crippen LogP contribution in [0.2, 0.25) is 0 Å². The number of carbonyl (C=O) groups excluding carboxylic acids is 1. The van der Waals surface area contributed by atoms with E-state index in [0.29, 0.717) is 6.07 Å². The highest BCUT2D eigenvalue weighted by Crippen LogP contribution is 2.20. The van der Waals surface area contributed by atoms with Crippen molar-refractivity contribution in [3.8, 4) is 5.88 Å². The van der Waals surface area contributed by atoms with E-state index in [1.54, 1.807) is 6.92 Å². The van der Waals surface area contributed by atoms with Crippen molar-refractivity contribution in [2.24, 2.45) is 0 Å². The lowest BCUT2D eigenvalue weighted by Crippen LogP contribution is -2.11. The predicted octanol–water partition coefficient (Wildman–Crippen LogP) is 4.01. The quantitative estimate of drug-likeness (QED) is 0.575.